The summed E-state index contributed by atoms with van der Waals surface area (Å²) < 4.78 is 16.2. The Balaban J connectivity index is 2.78. The van der Waals surface area contributed by atoms with Crippen molar-refractivity contribution >= 4 is 0 Å². The van der Waals surface area contributed by atoms with E-state index in [0.29, 0.717) is 12.5 Å². The Kier molecular flexibility index (Phi) is 3.67. The summed E-state index contributed by atoms with van der Waals surface area (Å²) in [6, 6.07) is 0.177. The Labute approximate surface area is 79.5 Å². The molecule has 4 nitrogen and oxygen atoms in total. The molecule has 1 saturated heterocycles. The number of hydrogen-bond donors (Lipinski definition) is 1. The van der Waals surface area contributed by atoms with Crippen molar-refractivity contribution in [1.82, 2.24) is 5.32 Å². The SMILES string of the molecule is CN[C@H]1[C@@H](C)COCC1(OC)OC. The van der Waals surface area contributed by atoms with Crippen molar-refractivity contribution in [1.29, 1.82) is 0 Å². The second-order valence-electron chi connectivity index (χ2n) is 3.48. The molecule has 0 aromatic carbocycles. The molecule has 1 fully saturated rings. The minimum absolute atomic E-state index is 0.177. The first-order chi connectivity index (χ1) is 6.20. The van der Waals surface area contributed by atoms with E-state index in [-0.39, 0.29) is 6.04 Å². The number of rotatable bonds is 3. The summed E-state index contributed by atoms with van der Waals surface area (Å²) in [4.78, 5) is 0. The molecule has 1 aliphatic rings. The summed E-state index contributed by atoms with van der Waals surface area (Å²) in [5.41, 5.74) is 0. The summed E-state index contributed by atoms with van der Waals surface area (Å²) in [6.45, 7) is 3.35. The van der Waals surface area contributed by atoms with Crippen LogP contribution < -0.4 is 5.32 Å². The van der Waals surface area contributed by atoms with Gasteiger partial charge in [-0.25, -0.2) is 0 Å². The van der Waals surface area contributed by atoms with Crippen molar-refractivity contribution in [2.75, 3.05) is 34.5 Å². The molecule has 0 bridgehead atoms. The van der Waals surface area contributed by atoms with Crippen molar-refractivity contribution in [2.24, 2.45) is 5.92 Å². The van der Waals surface area contributed by atoms with Crippen LogP contribution in [-0.4, -0.2) is 46.3 Å². The van der Waals surface area contributed by atoms with Crippen LogP contribution in [0.1, 0.15) is 6.92 Å². The van der Waals surface area contributed by atoms with Crippen LogP contribution in [0.25, 0.3) is 0 Å². The Hall–Kier alpha value is -0.160. The van der Waals surface area contributed by atoms with Gasteiger partial charge in [-0.1, -0.05) is 6.92 Å². The van der Waals surface area contributed by atoms with E-state index < -0.39 is 5.79 Å². The fraction of sp³-hybridized carbons (Fsp3) is 1.00. The number of hydrogen-bond acceptors (Lipinski definition) is 4. The van der Waals surface area contributed by atoms with Crippen LogP contribution in [0.4, 0.5) is 0 Å². The lowest BCUT2D eigenvalue weighted by Crippen LogP contribution is -2.62. The highest BCUT2D eigenvalue weighted by Gasteiger charge is 2.45. The van der Waals surface area contributed by atoms with Gasteiger partial charge in [-0.15, -0.1) is 0 Å². The molecule has 1 aliphatic heterocycles. The molecule has 0 amide bonds. The van der Waals surface area contributed by atoms with Gasteiger partial charge in [-0.3, -0.25) is 0 Å². The van der Waals surface area contributed by atoms with E-state index in [1.165, 1.54) is 0 Å². The predicted octanol–water partition coefficient (Wildman–Crippen LogP) is 0.230. The highest BCUT2D eigenvalue weighted by molar-refractivity contribution is 4.91. The van der Waals surface area contributed by atoms with Crippen LogP contribution in [0.15, 0.2) is 0 Å². The third-order valence-corrected chi connectivity index (χ3v) is 2.73. The number of likely N-dealkylation sites (N-methyl/N-ethyl adjacent to an activating group) is 1. The van der Waals surface area contributed by atoms with E-state index in [4.69, 9.17) is 14.2 Å². The molecule has 4 heteroatoms. The van der Waals surface area contributed by atoms with Gasteiger partial charge in [0.25, 0.3) is 0 Å². The molecule has 0 aromatic heterocycles. The molecule has 1 heterocycles. The summed E-state index contributed by atoms with van der Waals surface area (Å²) in [5.74, 6) is -0.245. The predicted molar refractivity (Wildman–Crippen MR) is 49.6 cm³/mol. The van der Waals surface area contributed by atoms with Gasteiger partial charge in [0, 0.05) is 20.1 Å². The van der Waals surface area contributed by atoms with E-state index in [2.05, 4.69) is 12.2 Å². The molecule has 13 heavy (non-hydrogen) atoms. The van der Waals surface area contributed by atoms with Crippen molar-refractivity contribution in [3.05, 3.63) is 0 Å². The summed E-state index contributed by atoms with van der Waals surface area (Å²) in [6.07, 6.45) is 0. The van der Waals surface area contributed by atoms with Gasteiger partial charge in [0.1, 0.15) is 6.61 Å². The van der Waals surface area contributed by atoms with E-state index in [1.807, 2.05) is 7.05 Å². The summed E-state index contributed by atoms with van der Waals surface area (Å²) >= 11 is 0. The van der Waals surface area contributed by atoms with Crippen LogP contribution >= 0.6 is 0 Å². The Bertz CT molecular complexity index is 159. The van der Waals surface area contributed by atoms with Crippen molar-refractivity contribution in [2.45, 2.75) is 18.8 Å². The van der Waals surface area contributed by atoms with Gasteiger partial charge >= 0.3 is 0 Å². The summed E-state index contributed by atoms with van der Waals surface area (Å²) in [7, 11) is 5.21. The minimum atomic E-state index is -0.633. The monoisotopic (exact) mass is 189 g/mol. The van der Waals surface area contributed by atoms with Crippen molar-refractivity contribution in [3.63, 3.8) is 0 Å². The van der Waals surface area contributed by atoms with E-state index in [0.717, 1.165) is 6.61 Å². The fourth-order valence-corrected chi connectivity index (χ4v) is 1.97. The lowest BCUT2D eigenvalue weighted by atomic mass is 9.92. The Morgan fingerprint density at radius 1 is 1.38 bits per heavy atom. The van der Waals surface area contributed by atoms with Gasteiger partial charge < -0.3 is 19.5 Å². The van der Waals surface area contributed by atoms with Crippen molar-refractivity contribution < 1.29 is 14.2 Å². The van der Waals surface area contributed by atoms with Crippen LogP contribution in [-0.2, 0) is 14.2 Å². The maximum Gasteiger partial charge on any atom is 0.207 e. The minimum Gasteiger partial charge on any atom is -0.375 e. The largest absolute Gasteiger partial charge is 0.375 e. The maximum atomic E-state index is 5.42. The van der Waals surface area contributed by atoms with Gasteiger partial charge in [0.2, 0.25) is 5.79 Å². The van der Waals surface area contributed by atoms with E-state index >= 15 is 0 Å². The average molecular weight is 189 g/mol. The van der Waals surface area contributed by atoms with Crippen LogP contribution in [0.5, 0.6) is 0 Å². The van der Waals surface area contributed by atoms with E-state index in [9.17, 15) is 0 Å². The lowest BCUT2D eigenvalue weighted by Gasteiger charge is -2.44. The molecule has 0 aromatic rings. The van der Waals surface area contributed by atoms with Crippen LogP contribution in [0.3, 0.4) is 0 Å². The molecular formula is C9H19NO3. The van der Waals surface area contributed by atoms with Crippen LogP contribution in [0.2, 0.25) is 0 Å². The van der Waals surface area contributed by atoms with Crippen LogP contribution in [0, 0.1) is 5.92 Å². The maximum absolute atomic E-state index is 5.42. The molecule has 78 valence electrons. The third kappa shape index (κ3) is 1.86. The molecule has 0 spiro atoms. The topological polar surface area (TPSA) is 39.7 Å². The molecule has 0 saturated carbocycles. The average Bonchev–Trinajstić information content (AvgIpc) is 2.17. The normalized spacial score (nSPS) is 33.2. The number of methoxy groups -OCH3 is 2. The number of nitrogens with one attached hydrogen (secondary N) is 1. The molecule has 1 N–H and O–H groups in total. The number of ether oxygens (including phenoxy) is 3. The highest BCUT2D eigenvalue weighted by Crippen LogP contribution is 2.27. The van der Waals surface area contributed by atoms with Gasteiger partial charge in [-0.2, -0.15) is 0 Å². The first-order valence-electron chi connectivity index (χ1n) is 4.55. The van der Waals surface area contributed by atoms with Gasteiger partial charge in [-0.05, 0) is 7.05 Å². The molecule has 0 aliphatic carbocycles. The first-order valence-corrected chi connectivity index (χ1v) is 4.55. The zero-order chi connectivity index (χ0) is 9.90. The fourth-order valence-electron chi connectivity index (χ4n) is 1.97. The highest BCUT2D eigenvalue weighted by atomic mass is 16.7. The smallest absolute Gasteiger partial charge is 0.207 e. The van der Waals surface area contributed by atoms with E-state index in [1.54, 1.807) is 14.2 Å². The molecule has 2 atom stereocenters. The zero-order valence-corrected chi connectivity index (χ0v) is 8.79. The quantitative estimate of drug-likeness (QED) is 0.645. The molecule has 1 rings (SSSR count). The Morgan fingerprint density at radius 3 is 2.38 bits per heavy atom. The molecule has 0 radical (unpaired) electrons. The second-order valence-corrected chi connectivity index (χ2v) is 3.48. The zero-order valence-electron chi connectivity index (χ0n) is 8.79. The first kappa shape index (κ1) is 10.9. The lowest BCUT2D eigenvalue weighted by molar-refractivity contribution is -0.279. The van der Waals surface area contributed by atoms with Gasteiger partial charge in [0.15, 0.2) is 0 Å². The van der Waals surface area contributed by atoms with Gasteiger partial charge in [0.05, 0.1) is 12.6 Å². The second kappa shape index (κ2) is 4.37. The standard InChI is InChI=1S/C9H19NO3/c1-7-5-13-6-9(11-3,12-4)8(7)10-2/h7-8,10H,5-6H2,1-4H3/t7-,8-/m0/s1. The molecule has 0 unspecified atom stereocenters. The molecular weight excluding hydrogens is 170 g/mol. The van der Waals surface area contributed by atoms with Crippen molar-refractivity contribution in [3.8, 4) is 0 Å². The third-order valence-electron chi connectivity index (χ3n) is 2.73. The Morgan fingerprint density at radius 2 is 2.00 bits per heavy atom. The summed E-state index contributed by atoms with van der Waals surface area (Å²) in [5, 5.41) is 3.22.